The molecule has 4 nitrogen and oxygen atoms in total. The van der Waals surface area contributed by atoms with E-state index in [0.29, 0.717) is 17.5 Å². The monoisotopic (exact) mass is 584 g/mol. The Bertz CT molecular complexity index is 2730. The zero-order valence-electron chi connectivity index (χ0n) is 24.6. The van der Waals surface area contributed by atoms with Crippen molar-refractivity contribution in [2.45, 2.75) is 0 Å². The normalized spacial score (nSPS) is 11.9. The zero-order chi connectivity index (χ0) is 30.2. The SMILES string of the molecule is c1ccc(-c2nc(-c3cccnc3)nc(-c3cc4ccc5cccc6c7cccc8ccc9cccc(c(c3)c4c56)c9c87)n2)cc1. The average Bonchev–Trinajstić information content (AvgIpc) is 3.13. The van der Waals surface area contributed by atoms with Crippen LogP contribution in [0.3, 0.4) is 0 Å². The van der Waals surface area contributed by atoms with E-state index >= 15 is 0 Å². The molecule has 0 radical (unpaired) electrons. The minimum atomic E-state index is 0.598. The lowest BCUT2D eigenvalue weighted by Crippen LogP contribution is -2.00. The molecule has 0 N–H and O–H groups in total. The summed E-state index contributed by atoms with van der Waals surface area (Å²) in [6.45, 7) is 0. The first-order valence-corrected chi connectivity index (χ1v) is 15.5. The third-order valence-electron chi connectivity index (χ3n) is 9.27. The molecule has 0 aliphatic heterocycles. The molecule has 0 atom stereocenters. The second kappa shape index (κ2) is 9.62. The van der Waals surface area contributed by atoms with Gasteiger partial charge in [0.15, 0.2) is 17.5 Å². The first-order valence-electron chi connectivity index (χ1n) is 15.5. The van der Waals surface area contributed by atoms with Crippen LogP contribution in [0.4, 0.5) is 0 Å². The third kappa shape index (κ3) is 3.67. The molecule has 2 heterocycles. The predicted octanol–water partition coefficient (Wildman–Crippen LogP) is 10.6. The quantitative estimate of drug-likeness (QED) is 0.194. The summed E-state index contributed by atoms with van der Waals surface area (Å²) in [4.78, 5) is 19.4. The van der Waals surface area contributed by atoms with Gasteiger partial charge in [0.05, 0.1) is 0 Å². The number of hydrogen-bond acceptors (Lipinski definition) is 4. The minimum absolute atomic E-state index is 0.598. The Morgan fingerprint density at radius 1 is 0.326 bits per heavy atom. The van der Waals surface area contributed by atoms with E-state index in [0.717, 1.165) is 22.1 Å². The van der Waals surface area contributed by atoms with Gasteiger partial charge in [-0.1, -0.05) is 109 Å². The van der Waals surface area contributed by atoms with Crippen molar-refractivity contribution in [2.24, 2.45) is 0 Å². The molecule has 212 valence electrons. The lowest BCUT2D eigenvalue weighted by Gasteiger charge is -2.17. The summed E-state index contributed by atoms with van der Waals surface area (Å²) in [5.41, 5.74) is 2.74. The van der Waals surface area contributed by atoms with Crippen molar-refractivity contribution in [1.82, 2.24) is 19.9 Å². The Hall–Kier alpha value is -6.26. The van der Waals surface area contributed by atoms with Gasteiger partial charge >= 0.3 is 0 Å². The number of pyridine rings is 1. The molecule has 46 heavy (non-hydrogen) atoms. The molecule has 0 aliphatic carbocycles. The van der Waals surface area contributed by atoms with Gasteiger partial charge in [-0.3, -0.25) is 4.98 Å². The summed E-state index contributed by atoms with van der Waals surface area (Å²) >= 11 is 0. The van der Waals surface area contributed by atoms with Gasteiger partial charge in [-0.15, -0.1) is 0 Å². The summed E-state index contributed by atoms with van der Waals surface area (Å²) < 4.78 is 0. The van der Waals surface area contributed by atoms with Crippen molar-refractivity contribution in [1.29, 1.82) is 0 Å². The molecule has 0 bridgehead atoms. The Morgan fingerprint density at radius 3 is 1.41 bits per heavy atom. The molecule has 0 fully saturated rings. The maximum Gasteiger partial charge on any atom is 0.165 e. The molecule has 0 saturated heterocycles. The molecule has 0 amide bonds. The largest absolute Gasteiger partial charge is 0.264 e. The lowest BCUT2D eigenvalue weighted by atomic mass is 9.87. The van der Waals surface area contributed by atoms with E-state index in [2.05, 4.69) is 96.0 Å². The van der Waals surface area contributed by atoms with Crippen molar-refractivity contribution in [2.75, 3.05) is 0 Å². The van der Waals surface area contributed by atoms with Crippen LogP contribution < -0.4 is 0 Å². The van der Waals surface area contributed by atoms with Crippen molar-refractivity contribution < 1.29 is 0 Å². The van der Waals surface area contributed by atoms with Crippen molar-refractivity contribution in [3.05, 3.63) is 146 Å². The van der Waals surface area contributed by atoms with E-state index in [1.807, 2.05) is 42.5 Å². The topological polar surface area (TPSA) is 51.6 Å². The molecule has 0 unspecified atom stereocenters. The van der Waals surface area contributed by atoms with Gasteiger partial charge in [-0.25, -0.2) is 15.0 Å². The van der Waals surface area contributed by atoms with Gasteiger partial charge < -0.3 is 0 Å². The summed E-state index contributed by atoms with van der Waals surface area (Å²) in [6.07, 6.45) is 3.57. The van der Waals surface area contributed by atoms with Crippen LogP contribution in [-0.2, 0) is 0 Å². The highest BCUT2D eigenvalue weighted by Gasteiger charge is 2.18. The fourth-order valence-electron chi connectivity index (χ4n) is 7.26. The number of nitrogens with zero attached hydrogens (tertiary/aromatic N) is 4. The standard InChI is InChI=1S/C42H24N4/c1-2-8-28(9-3-1)40-44-41(30-13-7-21-43-24-30)46-42(45-40)31-22-29-20-19-27-11-5-15-33-32-14-4-10-25-17-18-26-12-6-16-34(38(26)36(25)32)35(23-31)39(29)37(27)33/h1-24H. The molecule has 2 aromatic heterocycles. The minimum Gasteiger partial charge on any atom is -0.264 e. The first-order chi connectivity index (χ1) is 22.8. The van der Waals surface area contributed by atoms with Crippen LogP contribution in [0.5, 0.6) is 0 Å². The predicted molar refractivity (Wildman–Crippen MR) is 190 cm³/mol. The smallest absolute Gasteiger partial charge is 0.165 e. The fourth-order valence-corrected chi connectivity index (χ4v) is 7.26. The molecular formula is C42H24N4. The van der Waals surface area contributed by atoms with E-state index in [4.69, 9.17) is 15.0 Å². The van der Waals surface area contributed by atoms with Crippen molar-refractivity contribution >= 4 is 64.6 Å². The molecule has 10 rings (SSSR count). The van der Waals surface area contributed by atoms with Crippen molar-refractivity contribution in [3.63, 3.8) is 0 Å². The average molecular weight is 585 g/mol. The highest BCUT2D eigenvalue weighted by molar-refractivity contribution is 6.37. The molecule has 0 spiro atoms. The first kappa shape index (κ1) is 25.1. The summed E-state index contributed by atoms with van der Waals surface area (Å²) in [6, 6.07) is 47.6. The number of rotatable bonds is 3. The van der Waals surface area contributed by atoms with E-state index in [1.54, 1.807) is 12.4 Å². The van der Waals surface area contributed by atoms with Crippen LogP contribution in [0.25, 0.3) is 98.8 Å². The third-order valence-corrected chi connectivity index (χ3v) is 9.27. The fraction of sp³-hybridized carbons (Fsp3) is 0. The summed E-state index contributed by atoms with van der Waals surface area (Å²) in [5.74, 6) is 1.86. The molecule has 0 aliphatic rings. The van der Waals surface area contributed by atoms with E-state index in [1.165, 1.54) is 59.2 Å². The van der Waals surface area contributed by atoms with Crippen LogP contribution in [0.2, 0.25) is 0 Å². The second-order valence-electron chi connectivity index (χ2n) is 11.9. The van der Waals surface area contributed by atoms with Crippen LogP contribution in [0.15, 0.2) is 146 Å². The van der Waals surface area contributed by atoms with Gasteiger partial charge in [0.25, 0.3) is 0 Å². The summed E-state index contributed by atoms with van der Waals surface area (Å²) in [5, 5.41) is 14.9. The Morgan fingerprint density at radius 2 is 0.826 bits per heavy atom. The maximum absolute atomic E-state index is 5.08. The van der Waals surface area contributed by atoms with Gasteiger partial charge in [0.1, 0.15) is 0 Å². The maximum atomic E-state index is 5.08. The van der Waals surface area contributed by atoms with Gasteiger partial charge in [0, 0.05) is 29.1 Å². The van der Waals surface area contributed by atoms with Crippen molar-refractivity contribution in [3.8, 4) is 34.2 Å². The lowest BCUT2D eigenvalue weighted by molar-refractivity contribution is 1.07. The van der Waals surface area contributed by atoms with Gasteiger partial charge in [-0.2, -0.15) is 0 Å². The Balaban J connectivity index is 1.39. The highest BCUT2D eigenvalue weighted by Crippen LogP contribution is 2.44. The zero-order valence-corrected chi connectivity index (χ0v) is 24.6. The number of hydrogen-bond donors (Lipinski definition) is 0. The van der Waals surface area contributed by atoms with Gasteiger partial charge in [-0.05, 0) is 88.9 Å². The second-order valence-corrected chi connectivity index (χ2v) is 11.9. The van der Waals surface area contributed by atoms with Crippen LogP contribution in [0.1, 0.15) is 0 Å². The number of benzene rings is 7. The van der Waals surface area contributed by atoms with E-state index < -0.39 is 0 Å². The van der Waals surface area contributed by atoms with Crippen LogP contribution in [0, 0.1) is 0 Å². The van der Waals surface area contributed by atoms with Gasteiger partial charge in [0.2, 0.25) is 0 Å². The Kier molecular flexibility index (Phi) is 5.25. The van der Waals surface area contributed by atoms with E-state index in [9.17, 15) is 0 Å². The van der Waals surface area contributed by atoms with E-state index in [-0.39, 0.29) is 0 Å². The van der Waals surface area contributed by atoms with Crippen LogP contribution >= 0.6 is 0 Å². The molecule has 0 saturated carbocycles. The molecule has 10 aromatic rings. The Labute approximate surface area is 264 Å². The van der Waals surface area contributed by atoms with Crippen LogP contribution in [-0.4, -0.2) is 19.9 Å². The molecular weight excluding hydrogens is 560 g/mol. The highest BCUT2D eigenvalue weighted by atomic mass is 15.0. The number of aromatic nitrogens is 4. The number of fused-ring (bicyclic) bond motifs is 2. The molecule has 8 aromatic carbocycles. The molecule has 4 heteroatoms. The summed E-state index contributed by atoms with van der Waals surface area (Å²) in [7, 11) is 0.